The fourth-order valence-electron chi connectivity index (χ4n) is 3.28. The lowest BCUT2D eigenvalue weighted by atomic mass is 9.90. The molecule has 1 unspecified atom stereocenters. The second kappa shape index (κ2) is 7.23. The van der Waals surface area contributed by atoms with Crippen molar-refractivity contribution >= 4 is 0 Å². The highest BCUT2D eigenvalue weighted by atomic mass is 19.1. The molecule has 0 saturated carbocycles. The molecule has 1 aliphatic heterocycles. The maximum absolute atomic E-state index is 13.1. The number of nitrogens with one attached hydrogen (secondary N) is 2. The molecule has 0 amide bonds. The van der Waals surface area contributed by atoms with E-state index < -0.39 is 0 Å². The fraction of sp³-hybridized carbons (Fsp3) is 0.500. The van der Waals surface area contributed by atoms with Crippen LogP contribution < -0.4 is 5.32 Å². The maximum Gasteiger partial charge on any atom is 0.123 e. The van der Waals surface area contributed by atoms with E-state index in [4.69, 9.17) is 0 Å². The van der Waals surface area contributed by atoms with Crippen LogP contribution in [0.5, 0.6) is 0 Å². The molecule has 1 saturated heterocycles. The quantitative estimate of drug-likeness (QED) is 0.891. The summed E-state index contributed by atoms with van der Waals surface area (Å²) in [6, 6.07) is 7.02. The van der Waals surface area contributed by atoms with Crippen molar-refractivity contribution in [2.45, 2.75) is 32.4 Å². The number of halogens is 1. The molecule has 0 spiro atoms. The molecule has 4 nitrogen and oxygen atoms in total. The van der Waals surface area contributed by atoms with Crippen molar-refractivity contribution < 1.29 is 4.39 Å². The summed E-state index contributed by atoms with van der Waals surface area (Å²) in [5.41, 5.74) is 3.05. The van der Waals surface area contributed by atoms with E-state index in [9.17, 15) is 4.39 Å². The summed E-state index contributed by atoms with van der Waals surface area (Å²) in [6.45, 7) is 5.41. The highest BCUT2D eigenvalue weighted by molar-refractivity contribution is 5.62. The maximum atomic E-state index is 13.1. The lowest BCUT2D eigenvalue weighted by Gasteiger charge is -2.33. The van der Waals surface area contributed by atoms with Crippen LogP contribution >= 0.6 is 0 Å². The fourth-order valence-corrected chi connectivity index (χ4v) is 3.28. The minimum atomic E-state index is -0.219. The third-order valence-electron chi connectivity index (χ3n) is 4.94. The second-order valence-corrected chi connectivity index (χ2v) is 6.59. The Labute approximate surface area is 137 Å². The monoisotopic (exact) mass is 316 g/mol. The largest absolute Gasteiger partial charge is 0.310 e. The molecule has 5 heteroatoms. The average Bonchev–Trinajstić information content (AvgIpc) is 3.02. The first-order valence-electron chi connectivity index (χ1n) is 8.33. The van der Waals surface area contributed by atoms with E-state index in [1.54, 1.807) is 12.1 Å². The molecular formula is C18H25FN4. The number of nitrogens with zero attached hydrogens (tertiary/aromatic N) is 2. The van der Waals surface area contributed by atoms with E-state index in [0.717, 1.165) is 29.3 Å². The first kappa shape index (κ1) is 16.1. The lowest BCUT2D eigenvalue weighted by Crippen LogP contribution is -2.40. The molecule has 0 aliphatic carbocycles. The number of benzene rings is 1. The van der Waals surface area contributed by atoms with Crippen molar-refractivity contribution in [1.82, 2.24) is 20.4 Å². The van der Waals surface area contributed by atoms with Gasteiger partial charge in [-0.25, -0.2) is 4.39 Å². The second-order valence-electron chi connectivity index (χ2n) is 6.59. The van der Waals surface area contributed by atoms with E-state index in [2.05, 4.69) is 34.4 Å². The normalized spacial score (nSPS) is 18.2. The Morgan fingerprint density at radius 3 is 2.70 bits per heavy atom. The van der Waals surface area contributed by atoms with Crippen molar-refractivity contribution in [2.75, 3.05) is 20.1 Å². The molecule has 0 bridgehead atoms. The van der Waals surface area contributed by atoms with Gasteiger partial charge in [-0.3, -0.25) is 5.10 Å². The zero-order chi connectivity index (χ0) is 16.2. The number of rotatable bonds is 5. The molecular weight excluding hydrogens is 291 g/mol. The lowest BCUT2D eigenvalue weighted by molar-refractivity contribution is 0.189. The summed E-state index contributed by atoms with van der Waals surface area (Å²) in [5.74, 6) is 0.510. The van der Waals surface area contributed by atoms with Gasteiger partial charge in [0.1, 0.15) is 5.82 Å². The molecule has 1 aliphatic rings. The van der Waals surface area contributed by atoms with Crippen LogP contribution in [0.1, 0.15) is 25.3 Å². The predicted octanol–water partition coefficient (Wildman–Crippen LogP) is 3.04. The number of hydrogen-bond donors (Lipinski definition) is 2. The SMILES string of the molecule is CC(NCc1cn[nH]c1-c1ccc(F)cc1)C1CCN(C)CC1. The predicted molar refractivity (Wildman–Crippen MR) is 90.5 cm³/mol. The Bertz CT molecular complexity index is 614. The summed E-state index contributed by atoms with van der Waals surface area (Å²) in [4.78, 5) is 2.39. The van der Waals surface area contributed by atoms with Gasteiger partial charge in [-0.1, -0.05) is 0 Å². The van der Waals surface area contributed by atoms with Gasteiger partial charge in [0.05, 0.1) is 11.9 Å². The topological polar surface area (TPSA) is 44.0 Å². The van der Waals surface area contributed by atoms with Gasteiger partial charge in [-0.15, -0.1) is 0 Å². The van der Waals surface area contributed by atoms with E-state index in [-0.39, 0.29) is 5.82 Å². The van der Waals surface area contributed by atoms with Gasteiger partial charge in [0.15, 0.2) is 0 Å². The van der Waals surface area contributed by atoms with Crippen LogP contribution in [0.3, 0.4) is 0 Å². The zero-order valence-corrected chi connectivity index (χ0v) is 13.8. The summed E-state index contributed by atoms with van der Waals surface area (Å²) >= 11 is 0. The Hall–Kier alpha value is -1.72. The third kappa shape index (κ3) is 3.98. The van der Waals surface area contributed by atoms with Crippen molar-refractivity contribution in [3.8, 4) is 11.3 Å². The summed E-state index contributed by atoms with van der Waals surface area (Å²) in [7, 11) is 2.19. The average molecular weight is 316 g/mol. The Morgan fingerprint density at radius 2 is 2.00 bits per heavy atom. The molecule has 1 atom stereocenters. The summed E-state index contributed by atoms with van der Waals surface area (Å²) < 4.78 is 13.1. The Morgan fingerprint density at radius 1 is 1.30 bits per heavy atom. The van der Waals surface area contributed by atoms with Crippen LogP contribution in [-0.2, 0) is 6.54 Å². The minimum Gasteiger partial charge on any atom is -0.310 e. The molecule has 2 aromatic rings. The van der Waals surface area contributed by atoms with E-state index in [0.29, 0.717) is 6.04 Å². The number of likely N-dealkylation sites (tertiary alicyclic amines) is 1. The van der Waals surface area contributed by atoms with Crippen molar-refractivity contribution in [3.63, 3.8) is 0 Å². The molecule has 2 heterocycles. The van der Waals surface area contributed by atoms with Crippen LogP contribution in [-0.4, -0.2) is 41.3 Å². The van der Waals surface area contributed by atoms with Crippen LogP contribution in [0, 0.1) is 11.7 Å². The van der Waals surface area contributed by atoms with Crippen molar-refractivity contribution in [3.05, 3.63) is 41.8 Å². The molecule has 124 valence electrons. The van der Waals surface area contributed by atoms with E-state index in [1.807, 2.05) is 6.20 Å². The first-order valence-corrected chi connectivity index (χ1v) is 8.33. The first-order chi connectivity index (χ1) is 11.1. The zero-order valence-electron chi connectivity index (χ0n) is 13.8. The van der Waals surface area contributed by atoms with Crippen LogP contribution in [0.15, 0.2) is 30.5 Å². The van der Waals surface area contributed by atoms with Crippen molar-refractivity contribution in [2.24, 2.45) is 5.92 Å². The molecule has 1 aromatic carbocycles. The van der Waals surface area contributed by atoms with Gasteiger partial charge in [0.25, 0.3) is 0 Å². The van der Waals surface area contributed by atoms with Gasteiger partial charge in [-0.05, 0) is 70.1 Å². The number of piperidine rings is 1. The Kier molecular flexibility index (Phi) is 5.08. The van der Waals surface area contributed by atoms with Crippen molar-refractivity contribution in [1.29, 1.82) is 0 Å². The van der Waals surface area contributed by atoms with Gasteiger partial charge < -0.3 is 10.2 Å². The van der Waals surface area contributed by atoms with Gasteiger partial charge in [-0.2, -0.15) is 5.10 Å². The number of aromatic nitrogens is 2. The van der Waals surface area contributed by atoms with Crippen LogP contribution in [0.2, 0.25) is 0 Å². The Balaban J connectivity index is 1.61. The van der Waals surface area contributed by atoms with E-state index in [1.165, 1.54) is 38.1 Å². The molecule has 0 radical (unpaired) electrons. The standard InChI is InChI=1S/C18H25FN4/c1-13(14-7-9-23(2)10-8-14)20-11-16-12-21-22-18(16)15-3-5-17(19)6-4-15/h3-6,12-14,20H,7-11H2,1-2H3,(H,21,22). The molecule has 2 N–H and O–H groups in total. The van der Waals surface area contributed by atoms with Crippen LogP contribution in [0.4, 0.5) is 4.39 Å². The third-order valence-corrected chi connectivity index (χ3v) is 4.94. The minimum absolute atomic E-state index is 0.219. The molecule has 23 heavy (non-hydrogen) atoms. The highest BCUT2D eigenvalue weighted by Crippen LogP contribution is 2.23. The summed E-state index contributed by atoms with van der Waals surface area (Å²) in [6.07, 6.45) is 4.36. The smallest absolute Gasteiger partial charge is 0.123 e. The van der Waals surface area contributed by atoms with Gasteiger partial charge >= 0.3 is 0 Å². The number of aromatic amines is 1. The molecule has 1 aromatic heterocycles. The van der Waals surface area contributed by atoms with Gasteiger partial charge in [0.2, 0.25) is 0 Å². The highest BCUT2D eigenvalue weighted by Gasteiger charge is 2.22. The number of H-pyrrole nitrogens is 1. The number of hydrogen-bond acceptors (Lipinski definition) is 3. The molecule has 3 rings (SSSR count). The van der Waals surface area contributed by atoms with Crippen LogP contribution in [0.25, 0.3) is 11.3 Å². The van der Waals surface area contributed by atoms with E-state index >= 15 is 0 Å². The summed E-state index contributed by atoms with van der Waals surface area (Å²) in [5, 5.41) is 10.8. The molecule has 1 fully saturated rings. The van der Waals surface area contributed by atoms with Gasteiger partial charge in [0, 0.05) is 23.7 Å².